The summed E-state index contributed by atoms with van der Waals surface area (Å²) in [5.41, 5.74) is 0.237. The van der Waals surface area contributed by atoms with Gasteiger partial charge in [0.1, 0.15) is 5.75 Å². The Kier molecular flexibility index (Phi) is 4.12. The maximum absolute atomic E-state index is 10.3. The Labute approximate surface area is 93.0 Å². The summed E-state index contributed by atoms with van der Waals surface area (Å²) in [6, 6.07) is 7.63. The highest BCUT2D eigenvalue weighted by Crippen LogP contribution is 2.35. The van der Waals surface area contributed by atoms with Gasteiger partial charge in [-0.05, 0) is 44.1 Å². The van der Waals surface area contributed by atoms with Crippen LogP contribution < -0.4 is 4.74 Å². The van der Waals surface area contributed by atoms with E-state index in [0.29, 0.717) is 0 Å². The van der Waals surface area contributed by atoms with Crippen LogP contribution in [0.25, 0.3) is 0 Å². The predicted octanol–water partition coefficient (Wildman–Crippen LogP) is 2.64. The lowest BCUT2D eigenvalue weighted by Crippen LogP contribution is -2.24. The molecule has 0 aliphatic rings. The molecule has 0 heterocycles. The van der Waals surface area contributed by atoms with Crippen molar-refractivity contribution in [3.05, 3.63) is 29.8 Å². The standard InChI is InChI=1S/C12H19O2P/c1-12(13,9-15(3)4)10-5-7-11(14-2)8-6-10/h5-8,13H,9H2,1-4H3. The van der Waals surface area contributed by atoms with E-state index in [1.807, 2.05) is 31.2 Å². The maximum Gasteiger partial charge on any atom is 0.118 e. The van der Waals surface area contributed by atoms with Crippen LogP contribution in [-0.4, -0.2) is 31.7 Å². The average Bonchev–Trinajstić information content (AvgIpc) is 2.16. The summed E-state index contributed by atoms with van der Waals surface area (Å²) in [4.78, 5) is 0. The minimum absolute atomic E-state index is 0.105. The highest BCUT2D eigenvalue weighted by Gasteiger charge is 2.23. The summed E-state index contributed by atoms with van der Waals surface area (Å²) in [6.45, 7) is 6.22. The third-order valence-electron chi connectivity index (χ3n) is 2.34. The molecule has 0 radical (unpaired) electrons. The smallest absolute Gasteiger partial charge is 0.118 e. The van der Waals surface area contributed by atoms with Crippen molar-refractivity contribution in [3.63, 3.8) is 0 Å². The molecule has 1 aromatic carbocycles. The lowest BCUT2D eigenvalue weighted by Gasteiger charge is -2.26. The molecule has 0 saturated heterocycles. The van der Waals surface area contributed by atoms with E-state index in [-0.39, 0.29) is 7.92 Å². The second-order valence-electron chi connectivity index (χ2n) is 4.24. The van der Waals surface area contributed by atoms with Crippen molar-refractivity contribution in [2.24, 2.45) is 0 Å². The summed E-state index contributed by atoms with van der Waals surface area (Å²) in [6.07, 6.45) is 0.828. The minimum Gasteiger partial charge on any atom is -0.497 e. The summed E-state index contributed by atoms with van der Waals surface area (Å²) in [5.74, 6) is 0.824. The first-order valence-corrected chi connectivity index (χ1v) is 7.39. The van der Waals surface area contributed by atoms with Crippen LogP contribution in [0.4, 0.5) is 0 Å². The lowest BCUT2D eigenvalue weighted by molar-refractivity contribution is 0.0828. The van der Waals surface area contributed by atoms with Crippen molar-refractivity contribution in [2.45, 2.75) is 12.5 Å². The molecule has 0 spiro atoms. The van der Waals surface area contributed by atoms with Gasteiger partial charge in [0.05, 0.1) is 12.7 Å². The van der Waals surface area contributed by atoms with Crippen molar-refractivity contribution in [1.82, 2.24) is 0 Å². The number of rotatable bonds is 4. The lowest BCUT2D eigenvalue weighted by atomic mass is 9.98. The van der Waals surface area contributed by atoms with Crippen molar-refractivity contribution in [3.8, 4) is 5.75 Å². The quantitative estimate of drug-likeness (QED) is 0.800. The van der Waals surface area contributed by atoms with Crippen LogP contribution in [0, 0.1) is 0 Å². The van der Waals surface area contributed by atoms with Gasteiger partial charge < -0.3 is 9.84 Å². The topological polar surface area (TPSA) is 29.5 Å². The summed E-state index contributed by atoms with van der Waals surface area (Å²) in [7, 11) is 1.54. The van der Waals surface area contributed by atoms with Crippen molar-refractivity contribution in [2.75, 3.05) is 26.6 Å². The molecule has 1 unspecified atom stereocenters. The number of methoxy groups -OCH3 is 1. The van der Waals surface area contributed by atoms with Gasteiger partial charge >= 0.3 is 0 Å². The SMILES string of the molecule is COc1ccc(C(C)(O)CP(C)C)cc1. The van der Waals surface area contributed by atoms with Crippen LogP contribution in [0.15, 0.2) is 24.3 Å². The molecule has 3 heteroatoms. The Balaban J connectivity index is 2.85. The van der Waals surface area contributed by atoms with Gasteiger partial charge in [-0.25, -0.2) is 0 Å². The predicted molar refractivity (Wildman–Crippen MR) is 66.2 cm³/mol. The first-order valence-electron chi connectivity index (χ1n) is 4.97. The Bertz CT molecular complexity index is 304. The first-order chi connectivity index (χ1) is 6.95. The Morgan fingerprint density at radius 2 is 1.80 bits per heavy atom. The third-order valence-corrected chi connectivity index (χ3v) is 3.58. The highest BCUT2D eigenvalue weighted by molar-refractivity contribution is 7.56. The molecule has 0 fully saturated rings. The van der Waals surface area contributed by atoms with Crippen LogP contribution in [0.3, 0.4) is 0 Å². The number of benzene rings is 1. The van der Waals surface area contributed by atoms with E-state index >= 15 is 0 Å². The molecule has 0 saturated carbocycles. The molecule has 0 aliphatic carbocycles. The molecule has 84 valence electrons. The largest absolute Gasteiger partial charge is 0.497 e. The fraction of sp³-hybridized carbons (Fsp3) is 0.500. The first kappa shape index (κ1) is 12.5. The van der Waals surface area contributed by atoms with Crippen LogP contribution in [0.2, 0.25) is 0 Å². The molecule has 0 aromatic heterocycles. The van der Waals surface area contributed by atoms with E-state index in [1.54, 1.807) is 7.11 Å². The van der Waals surface area contributed by atoms with Crippen LogP contribution >= 0.6 is 7.92 Å². The fourth-order valence-electron chi connectivity index (χ4n) is 1.66. The molecule has 0 bridgehead atoms. The zero-order valence-electron chi connectivity index (χ0n) is 9.82. The fourth-order valence-corrected chi connectivity index (χ4v) is 3.07. The van der Waals surface area contributed by atoms with Crippen LogP contribution in [0.1, 0.15) is 12.5 Å². The van der Waals surface area contributed by atoms with Crippen molar-refractivity contribution < 1.29 is 9.84 Å². The molecule has 2 nitrogen and oxygen atoms in total. The number of aliphatic hydroxyl groups is 1. The van der Waals surface area contributed by atoms with Gasteiger partial charge in [-0.2, -0.15) is 0 Å². The average molecular weight is 226 g/mol. The van der Waals surface area contributed by atoms with Crippen LogP contribution in [0.5, 0.6) is 5.75 Å². The normalized spacial score (nSPS) is 15.1. The number of ether oxygens (including phenoxy) is 1. The Morgan fingerprint density at radius 1 is 1.27 bits per heavy atom. The molecule has 1 atom stereocenters. The van der Waals surface area contributed by atoms with Gasteiger partial charge in [0, 0.05) is 0 Å². The number of hydrogen-bond donors (Lipinski definition) is 1. The Hall–Kier alpha value is -0.590. The zero-order chi connectivity index (χ0) is 11.5. The second kappa shape index (κ2) is 4.96. The van der Waals surface area contributed by atoms with Gasteiger partial charge in [0.2, 0.25) is 0 Å². The van der Waals surface area contributed by atoms with E-state index in [9.17, 15) is 5.11 Å². The second-order valence-corrected chi connectivity index (χ2v) is 6.72. The Morgan fingerprint density at radius 3 is 2.20 bits per heavy atom. The molecular formula is C12H19O2P. The third kappa shape index (κ3) is 3.48. The monoisotopic (exact) mass is 226 g/mol. The number of hydrogen-bond acceptors (Lipinski definition) is 2. The van der Waals surface area contributed by atoms with Crippen LogP contribution in [-0.2, 0) is 5.60 Å². The summed E-state index contributed by atoms with van der Waals surface area (Å²) >= 11 is 0. The van der Waals surface area contributed by atoms with E-state index < -0.39 is 5.60 Å². The van der Waals surface area contributed by atoms with Crippen molar-refractivity contribution >= 4 is 7.92 Å². The zero-order valence-corrected chi connectivity index (χ0v) is 10.7. The van der Waals surface area contributed by atoms with E-state index in [2.05, 4.69) is 13.3 Å². The van der Waals surface area contributed by atoms with Gasteiger partial charge in [-0.1, -0.05) is 12.1 Å². The summed E-state index contributed by atoms with van der Waals surface area (Å²) in [5, 5.41) is 10.3. The van der Waals surface area contributed by atoms with Gasteiger partial charge in [0.15, 0.2) is 0 Å². The molecule has 15 heavy (non-hydrogen) atoms. The van der Waals surface area contributed by atoms with Gasteiger partial charge in [0.25, 0.3) is 0 Å². The van der Waals surface area contributed by atoms with Gasteiger partial charge in [-0.3, -0.25) is 0 Å². The molecule has 0 aliphatic heterocycles. The van der Waals surface area contributed by atoms with E-state index in [4.69, 9.17) is 4.74 Å². The maximum atomic E-state index is 10.3. The highest BCUT2D eigenvalue weighted by atomic mass is 31.1. The molecular weight excluding hydrogens is 207 g/mol. The van der Waals surface area contributed by atoms with Crippen molar-refractivity contribution in [1.29, 1.82) is 0 Å². The molecule has 1 N–H and O–H groups in total. The van der Waals surface area contributed by atoms with E-state index in [0.717, 1.165) is 17.5 Å². The molecule has 0 amide bonds. The summed E-state index contributed by atoms with van der Waals surface area (Å²) < 4.78 is 5.09. The minimum atomic E-state index is -0.721. The molecule has 1 rings (SSSR count). The van der Waals surface area contributed by atoms with Gasteiger partial charge in [-0.15, -0.1) is 7.92 Å². The molecule has 1 aromatic rings. The van der Waals surface area contributed by atoms with E-state index in [1.165, 1.54) is 0 Å².